The molecule has 0 spiro atoms. The molecule has 3 aromatic rings. The van der Waals surface area contributed by atoms with Crippen molar-refractivity contribution in [3.63, 3.8) is 0 Å². The maximum Gasteiger partial charge on any atom is 0.410 e. The number of nitriles is 1. The number of piperidine rings is 1. The van der Waals surface area contributed by atoms with E-state index in [-0.39, 0.29) is 34.2 Å². The monoisotopic (exact) mass is 596 g/mol. The Morgan fingerprint density at radius 3 is 2.60 bits per heavy atom. The predicted octanol–water partition coefficient (Wildman–Crippen LogP) is 4.18. The Hall–Kier alpha value is -4.57. The number of hydrogen-bond acceptors (Lipinski definition) is 10. The van der Waals surface area contributed by atoms with Gasteiger partial charge in [0.05, 0.1) is 29.2 Å². The number of likely N-dealkylation sites (tertiary alicyclic amines) is 1. The summed E-state index contributed by atoms with van der Waals surface area (Å²) in [6.45, 7) is 7.79. The second-order valence-corrected chi connectivity index (χ2v) is 11.0. The average Bonchev–Trinajstić information content (AvgIpc) is 3.36. The van der Waals surface area contributed by atoms with Crippen LogP contribution in [0.1, 0.15) is 62.2 Å². The van der Waals surface area contributed by atoms with Gasteiger partial charge in [0, 0.05) is 24.8 Å². The molecule has 1 amide bonds. The van der Waals surface area contributed by atoms with Crippen LogP contribution < -0.4 is 10.6 Å². The molecule has 14 heteroatoms. The largest absolute Gasteiger partial charge is 0.483 e. The molecule has 0 radical (unpaired) electrons. The second-order valence-electron chi connectivity index (χ2n) is 10.6. The number of rotatable bonds is 7. The molecule has 1 fully saturated rings. The summed E-state index contributed by atoms with van der Waals surface area (Å²) in [6.07, 6.45) is 4.77. The number of nitrogens with zero attached hydrogens (tertiary/aromatic N) is 7. The Labute approximate surface area is 246 Å². The lowest BCUT2D eigenvalue weighted by molar-refractivity contribution is 0.0207. The zero-order valence-electron chi connectivity index (χ0n) is 23.6. The normalized spacial score (nSPS) is 15.0. The van der Waals surface area contributed by atoms with Crippen LogP contribution >= 0.6 is 11.6 Å². The first-order chi connectivity index (χ1) is 19.9. The van der Waals surface area contributed by atoms with Crippen molar-refractivity contribution in [2.24, 2.45) is 15.9 Å². The van der Waals surface area contributed by atoms with Crippen LogP contribution in [0.15, 0.2) is 40.8 Å². The van der Waals surface area contributed by atoms with Gasteiger partial charge in [-0.3, -0.25) is 9.79 Å². The summed E-state index contributed by atoms with van der Waals surface area (Å²) >= 11 is 5.78. The molecule has 4 heterocycles. The number of Topliss-reactive ketones (excluding diaryl/α,β-unsaturated/α-hetero) is 1. The fourth-order valence-electron chi connectivity index (χ4n) is 4.41. The van der Waals surface area contributed by atoms with Crippen LogP contribution in [0.5, 0.6) is 5.75 Å². The minimum Gasteiger partial charge on any atom is -0.483 e. The summed E-state index contributed by atoms with van der Waals surface area (Å²) < 4.78 is 26.2. The number of halogens is 2. The molecule has 2 N–H and O–H groups in total. The number of hydrogen-bond donors (Lipinski definition) is 1. The van der Waals surface area contributed by atoms with E-state index < -0.39 is 23.8 Å². The molecular formula is C28H30ClFN8O4. The number of carbonyl (C=O) groups excluding carboxylic acids is 2. The highest BCUT2D eigenvalue weighted by molar-refractivity contribution is 6.47. The molecular weight excluding hydrogens is 567 g/mol. The summed E-state index contributed by atoms with van der Waals surface area (Å²) in [4.78, 5) is 35.3. The van der Waals surface area contributed by atoms with E-state index in [9.17, 15) is 19.2 Å². The third-order valence-corrected chi connectivity index (χ3v) is 6.68. The summed E-state index contributed by atoms with van der Waals surface area (Å²) in [6, 6.07) is 4.69. The molecule has 1 aliphatic heterocycles. The number of ketones is 1. The number of nitrogens with two attached hydrogens (primary N) is 1. The van der Waals surface area contributed by atoms with Gasteiger partial charge in [-0.25, -0.2) is 18.7 Å². The van der Waals surface area contributed by atoms with E-state index in [4.69, 9.17) is 31.9 Å². The summed E-state index contributed by atoms with van der Waals surface area (Å²) in [5.41, 5.74) is 1.29. The molecule has 0 unspecified atom stereocenters. The van der Waals surface area contributed by atoms with Crippen molar-refractivity contribution in [1.82, 2.24) is 19.5 Å². The lowest BCUT2D eigenvalue weighted by atomic mass is 10.0. The first-order valence-electron chi connectivity index (χ1n) is 13.1. The minimum atomic E-state index is -0.749. The number of aliphatic imine (C=N–C) groups is 1. The first-order valence-corrected chi connectivity index (χ1v) is 13.5. The first kappa shape index (κ1) is 30.4. The fraction of sp³-hybridized carbons (Fsp3) is 0.393. The molecule has 4 rings (SSSR count). The zero-order chi connectivity index (χ0) is 30.6. The second kappa shape index (κ2) is 12.5. The van der Waals surface area contributed by atoms with Crippen molar-refractivity contribution >= 4 is 40.4 Å². The minimum absolute atomic E-state index is 0.0672. The molecule has 3 aromatic heterocycles. The number of ether oxygens (including phenoxy) is 2. The fourth-order valence-corrected chi connectivity index (χ4v) is 4.56. The highest BCUT2D eigenvalue weighted by Crippen LogP contribution is 2.26. The third-order valence-electron chi connectivity index (χ3n) is 6.39. The summed E-state index contributed by atoms with van der Waals surface area (Å²) in [5, 5.41) is 17.5. The van der Waals surface area contributed by atoms with Gasteiger partial charge >= 0.3 is 6.09 Å². The summed E-state index contributed by atoms with van der Waals surface area (Å²) in [7, 11) is 0. The van der Waals surface area contributed by atoms with Crippen molar-refractivity contribution < 1.29 is 23.5 Å². The van der Waals surface area contributed by atoms with Crippen molar-refractivity contribution in [2.45, 2.75) is 52.2 Å². The Balaban J connectivity index is 1.54. The molecule has 0 bridgehead atoms. The van der Waals surface area contributed by atoms with Gasteiger partial charge in [-0.05, 0) is 52.7 Å². The van der Waals surface area contributed by atoms with Crippen LogP contribution in [0.3, 0.4) is 0 Å². The number of carbonyl (C=O) groups is 2. The van der Waals surface area contributed by atoms with Crippen LogP contribution in [0.4, 0.5) is 9.18 Å². The number of amides is 1. The van der Waals surface area contributed by atoms with E-state index in [2.05, 4.69) is 21.3 Å². The number of hydrazone groups is 1. The Morgan fingerprint density at radius 2 is 1.98 bits per heavy atom. The van der Waals surface area contributed by atoms with Gasteiger partial charge in [-0.2, -0.15) is 15.5 Å². The third kappa shape index (κ3) is 7.01. The van der Waals surface area contributed by atoms with E-state index in [0.717, 1.165) is 12.3 Å². The molecule has 1 aliphatic rings. The topological polar surface area (TPSA) is 161 Å². The van der Waals surface area contributed by atoms with Gasteiger partial charge < -0.3 is 20.2 Å². The standard InChI is InChI=1S/C28H30ClFN8O4/c1-16(35-19-5-7-37(8-6-19)27(40)42-28(2,3)4)25(36-32)17-9-24(26-18(11-31)12-34-38(26)14-17)41-15-23(39)22-10-20(29)21(30)13-33-22/h9-10,12-14,19H,5-8,15,32H2,1-4H3/b35-16?,36-25+. The number of aromatic nitrogens is 3. The van der Waals surface area contributed by atoms with E-state index in [0.29, 0.717) is 48.4 Å². The lowest BCUT2D eigenvalue weighted by Gasteiger charge is -2.32. The molecule has 1 saturated heterocycles. The van der Waals surface area contributed by atoms with Gasteiger partial charge in [-0.1, -0.05) is 11.6 Å². The number of pyridine rings is 2. The Morgan fingerprint density at radius 1 is 1.26 bits per heavy atom. The molecule has 0 atom stereocenters. The molecule has 0 saturated carbocycles. The van der Waals surface area contributed by atoms with Gasteiger partial charge in [-0.15, -0.1) is 0 Å². The predicted molar refractivity (Wildman–Crippen MR) is 154 cm³/mol. The lowest BCUT2D eigenvalue weighted by Crippen LogP contribution is -2.42. The molecule has 12 nitrogen and oxygen atoms in total. The van der Waals surface area contributed by atoms with Gasteiger partial charge in [0.2, 0.25) is 5.78 Å². The molecule has 42 heavy (non-hydrogen) atoms. The SMILES string of the molecule is CC(=NC1CCN(C(=O)OC(C)(C)C)CC1)/C(=N\N)c1cc(OCC(=O)c2cc(Cl)c(F)cn2)c2c(C#N)cnn2c1. The van der Waals surface area contributed by atoms with Crippen LogP contribution in [-0.4, -0.2) is 74.1 Å². The molecule has 220 valence electrons. The Kier molecular flexibility index (Phi) is 9.06. The van der Waals surface area contributed by atoms with Gasteiger partial charge in [0.15, 0.2) is 12.4 Å². The van der Waals surface area contributed by atoms with Crippen molar-refractivity contribution in [2.75, 3.05) is 19.7 Å². The van der Waals surface area contributed by atoms with Crippen LogP contribution in [0, 0.1) is 17.1 Å². The van der Waals surface area contributed by atoms with Gasteiger partial charge in [0.25, 0.3) is 0 Å². The van der Waals surface area contributed by atoms with Crippen LogP contribution in [0.25, 0.3) is 5.52 Å². The van der Waals surface area contributed by atoms with E-state index in [1.54, 1.807) is 24.1 Å². The van der Waals surface area contributed by atoms with Crippen LogP contribution in [-0.2, 0) is 4.74 Å². The highest BCUT2D eigenvalue weighted by Gasteiger charge is 2.27. The average molecular weight is 597 g/mol. The highest BCUT2D eigenvalue weighted by atomic mass is 35.5. The Bertz CT molecular complexity index is 1610. The molecule has 0 aliphatic carbocycles. The smallest absolute Gasteiger partial charge is 0.410 e. The molecule has 0 aromatic carbocycles. The zero-order valence-corrected chi connectivity index (χ0v) is 24.4. The maximum absolute atomic E-state index is 13.5. The maximum atomic E-state index is 13.5. The van der Waals surface area contributed by atoms with Crippen LogP contribution in [0.2, 0.25) is 5.02 Å². The van der Waals surface area contributed by atoms with E-state index >= 15 is 0 Å². The van der Waals surface area contributed by atoms with Crippen molar-refractivity contribution in [3.8, 4) is 11.8 Å². The van der Waals surface area contributed by atoms with Gasteiger partial charge in [0.1, 0.15) is 39.9 Å². The number of fused-ring (bicyclic) bond motifs is 1. The van der Waals surface area contributed by atoms with Crippen molar-refractivity contribution in [1.29, 1.82) is 5.26 Å². The van der Waals surface area contributed by atoms with E-state index in [1.165, 1.54) is 10.7 Å². The summed E-state index contributed by atoms with van der Waals surface area (Å²) in [5.74, 6) is 4.66. The van der Waals surface area contributed by atoms with E-state index in [1.807, 2.05) is 20.8 Å². The van der Waals surface area contributed by atoms with Crippen molar-refractivity contribution in [3.05, 3.63) is 58.4 Å². The quantitative estimate of drug-likeness (QED) is 0.184.